The van der Waals surface area contributed by atoms with Gasteiger partial charge in [0.1, 0.15) is 17.1 Å². The van der Waals surface area contributed by atoms with Crippen LogP contribution in [0.15, 0.2) is 64.9 Å². The summed E-state index contributed by atoms with van der Waals surface area (Å²) in [5, 5.41) is 17.4. The van der Waals surface area contributed by atoms with Gasteiger partial charge >= 0.3 is 0 Å². The molecule has 1 aromatic heterocycles. The van der Waals surface area contributed by atoms with Crippen LogP contribution in [0, 0.1) is 18.3 Å². The molecule has 0 aliphatic carbocycles. The third-order valence-electron chi connectivity index (χ3n) is 5.82. The molecule has 5 rings (SSSR count). The maximum absolute atomic E-state index is 13.8. The van der Waals surface area contributed by atoms with E-state index in [1.165, 1.54) is 5.56 Å². The fourth-order valence-electron chi connectivity index (χ4n) is 4.36. The number of nitrogens with two attached hydrogens (primary N) is 1. The number of thioether (sulfide) groups is 1. The Kier molecular flexibility index (Phi) is 4.31. The van der Waals surface area contributed by atoms with E-state index in [0.717, 1.165) is 16.3 Å². The Hall–Kier alpha value is -3.70. The van der Waals surface area contributed by atoms with Gasteiger partial charge in [-0.25, -0.2) is 0 Å². The molecule has 8 heteroatoms. The summed E-state index contributed by atoms with van der Waals surface area (Å²) in [5.74, 6) is 0.404. The first-order valence-corrected chi connectivity index (χ1v) is 10.7. The van der Waals surface area contributed by atoms with Crippen molar-refractivity contribution < 1.29 is 9.53 Å². The van der Waals surface area contributed by atoms with Crippen LogP contribution in [0.25, 0.3) is 0 Å². The normalized spacial score (nSPS) is 19.3. The van der Waals surface area contributed by atoms with E-state index in [1.54, 1.807) is 23.7 Å². The molecule has 0 fully saturated rings. The third-order valence-corrected chi connectivity index (χ3v) is 6.86. The summed E-state index contributed by atoms with van der Waals surface area (Å²) in [6, 6.07) is 17.8. The predicted octanol–water partition coefficient (Wildman–Crippen LogP) is 3.36. The first kappa shape index (κ1) is 19.3. The topological polar surface area (TPSA) is 108 Å². The third kappa shape index (κ3) is 2.60. The fraction of sp³-hybridized carbons (Fsp3) is 0.174. The Morgan fingerprint density at radius 3 is 2.74 bits per heavy atom. The number of likely N-dealkylation sites (N-methyl/N-ethyl adjacent to an activating group) is 1. The minimum Gasteiger partial charge on any atom is -0.420 e. The van der Waals surface area contributed by atoms with E-state index in [2.05, 4.69) is 40.5 Å². The van der Waals surface area contributed by atoms with Crippen molar-refractivity contribution in [2.75, 3.05) is 11.9 Å². The van der Waals surface area contributed by atoms with E-state index < -0.39 is 5.41 Å². The number of hydrogen-bond acceptors (Lipinski definition) is 6. The number of para-hydroxylation sites is 1. The zero-order chi connectivity index (χ0) is 21.8. The van der Waals surface area contributed by atoms with Gasteiger partial charge in [-0.1, -0.05) is 35.9 Å². The van der Waals surface area contributed by atoms with E-state index in [1.807, 2.05) is 31.2 Å². The van der Waals surface area contributed by atoms with E-state index in [-0.39, 0.29) is 23.2 Å². The SMILES string of the molecule is Cc1ccc(SCc2[nH]nc3c2[C@]2(C(=O)N(C)c4ccccc42)C(C#N)=C(N)O3)cc1. The molecular weight excluding hydrogens is 410 g/mol. The van der Waals surface area contributed by atoms with Crippen LogP contribution in [0.5, 0.6) is 5.88 Å². The van der Waals surface area contributed by atoms with Gasteiger partial charge in [-0.2, -0.15) is 5.26 Å². The number of hydrogen-bond donors (Lipinski definition) is 2. The monoisotopic (exact) mass is 429 g/mol. The molecular formula is C23H19N5O2S. The summed E-state index contributed by atoms with van der Waals surface area (Å²) < 4.78 is 5.68. The minimum atomic E-state index is -1.38. The molecule has 1 amide bonds. The average molecular weight is 430 g/mol. The lowest BCUT2D eigenvalue weighted by molar-refractivity contribution is -0.120. The van der Waals surface area contributed by atoms with Crippen LogP contribution >= 0.6 is 11.8 Å². The zero-order valence-corrected chi connectivity index (χ0v) is 17.8. The Balaban J connectivity index is 1.69. The van der Waals surface area contributed by atoms with E-state index in [4.69, 9.17) is 10.5 Å². The van der Waals surface area contributed by atoms with Gasteiger partial charge in [0.25, 0.3) is 0 Å². The number of amides is 1. The molecule has 154 valence electrons. The summed E-state index contributed by atoms with van der Waals surface area (Å²) in [6.45, 7) is 2.04. The largest absolute Gasteiger partial charge is 0.420 e. The highest BCUT2D eigenvalue weighted by Gasteiger charge is 2.60. The van der Waals surface area contributed by atoms with Crippen molar-refractivity contribution in [2.45, 2.75) is 23.0 Å². The van der Waals surface area contributed by atoms with Gasteiger partial charge in [-0.15, -0.1) is 16.9 Å². The summed E-state index contributed by atoms with van der Waals surface area (Å²) in [7, 11) is 1.71. The number of H-pyrrole nitrogens is 1. The lowest BCUT2D eigenvalue weighted by atomic mass is 9.69. The molecule has 0 saturated heterocycles. The van der Waals surface area contributed by atoms with Crippen LogP contribution in [-0.4, -0.2) is 23.2 Å². The molecule has 1 spiro atoms. The first-order chi connectivity index (χ1) is 15.0. The second kappa shape index (κ2) is 6.93. The maximum atomic E-state index is 13.8. The van der Waals surface area contributed by atoms with Crippen molar-refractivity contribution >= 4 is 23.4 Å². The second-order valence-corrected chi connectivity index (χ2v) is 8.62. The second-order valence-electron chi connectivity index (χ2n) is 7.57. The van der Waals surface area contributed by atoms with Crippen molar-refractivity contribution in [2.24, 2.45) is 5.73 Å². The van der Waals surface area contributed by atoms with Crippen molar-refractivity contribution in [3.8, 4) is 11.9 Å². The van der Waals surface area contributed by atoms with Crippen LogP contribution in [-0.2, 0) is 16.0 Å². The van der Waals surface area contributed by atoms with Gasteiger partial charge in [0.15, 0.2) is 0 Å². The van der Waals surface area contributed by atoms with E-state index in [9.17, 15) is 10.1 Å². The van der Waals surface area contributed by atoms with E-state index in [0.29, 0.717) is 16.9 Å². The summed E-state index contributed by atoms with van der Waals surface area (Å²) >= 11 is 1.61. The average Bonchev–Trinajstić information content (AvgIpc) is 3.27. The van der Waals surface area contributed by atoms with Crippen LogP contribution in [0.2, 0.25) is 0 Å². The number of carbonyl (C=O) groups excluding carboxylic acids is 1. The highest BCUT2D eigenvalue weighted by Crippen LogP contribution is 2.55. The molecule has 0 bridgehead atoms. The molecule has 3 N–H and O–H groups in total. The number of benzene rings is 2. The lowest BCUT2D eigenvalue weighted by Crippen LogP contribution is -2.45. The zero-order valence-electron chi connectivity index (χ0n) is 17.0. The Bertz CT molecular complexity index is 1290. The van der Waals surface area contributed by atoms with Gasteiger partial charge in [0, 0.05) is 28.9 Å². The molecule has 0 saturated carbocycles. The highest BCUT2D eigenvalue weighted by molar-refractivity contribution is 7.98. The molecule has 31 heavy (non-hydrogen) atoms. The molecule has 2 aromatic carbocycles. The van der Waals surface area contributed by atoms with E-state index >= 15 is 0 Å². The Labute approximate surface area is 183 Å². The number of ether oxygens (including phenoxy) is 1. The van der Waals surface area contributed by atoms with Crippen molar-refractivity contribution in [3.05, 3.63) is 82.4 Å². The number of rotatable bonds is 3. The number of anilines is 1. The Morgan fingerprint density at radius 1 is 1.26 bits per heavy atom. The first-order valence-electron chi connectivity index (χ1n) is 9.71. The number of aromatic nitrogens is 2. The van der Waals surface area contributed by atoms with Gasteiger partial charge in [-0.3, -0.25) is 9.89 Å². The Morgan fingerprint density at radius 2 is 2.00 bits per heavy atom. The van der Waals surface area contributed by atoms with Crippen LogP contribution in [0.3, 0.4) is 0 Å². The maximum Gasteiger partial charge on any atom is 0.247 e. The molecule has 7 nitrogen and oxygen atoms in total. The summed E-state index contributed by atoms with van der Waals surface area (Å²) in [6.07, 6.45) is 0. The molecule has 3 heterocycles. The van der Waals surface area contributed by atoms with Crippen LogP contribution < -0.4 is 15.4 Å². The molecule has 3 aromatic rings. The lowest BCUT2D eigenvalue weighted by Gasteiger charge is -2.32. The summed E-state index contributed by atoms with van der Waals surface area (Å²) in [4.78, 5) is 16.4. The van der Waals surface area contributed by atoms with Crippen LogP contribution in [0.4, 0.5) is 5.69 Å². The van der Waals surface area contributed by atoms with Gasteiger partial charge in [0.05, 0.1) is 11.3 Å². The highest BCUT2D eigenvalue weighted by atomic mass is 32.2. The number of carbonyl (C=O) groups is 1. The molecule has 2 aliphatic rings. The number of aromatic amines is 1. The van der Waals surface area contributed by atoms with Gasteiger partial charge in [0.2, 0.25) is 17.7 Å². The quantitative estimate of drug-likeness (QED) is 0.618. The number of fused-ring (bicyclic) bond motifs is 4. The molecule has 0 unspecified atom stereocenters. The number of nitrogens with one attached hydrogen (secondary N) is 1. The summed E-state index contributed by atoms with van der Waals surface area (Å²) in [5.41, 5.74) is 8.73. The number of nitriles is 1. The molecule has 2 aliphatic heterocycles. The van der Waals surface area contributed by atoms with Crippen molar-refractivity contribution in [3.63, 3.8) is 0 Å². The van der Waals surface area contributed by atoms with Crippen LogP contribution in [0.1, 0.15) is 22.4 Å². The standard InChI is InChI=1S/C23H19N5O2S/c1-13-7-9-14(10-8-13)31-12-17-19-21(27-26-17)30-20(25)16(11-24)23(19)15-5-3-4-6-18(15)28(2)22(23)29/h3-10H,12,25H2,1-2H3,(H,26,27)/t23-/m1/s1. The smallest absolute Gasteiger partial charge is 0.247 e. The predicted molar refractivity (Wildman–Crippen MR) is 117 cm³/mol. The number of aryl methyl sites for hydroxylation is 1. The fourth-order valence-corrected chi connectivity index (χ4v) is 5.21. The van der Waals surface area contributed by atoms with Gasteiger partial charge in [-0.05, 0) is 25.1 Å². The number of nitrogens with zero attached hydrogens (tertiary/aromatic N) is 3. The van der Waals surface area contributed by atoms with Crippen molar-refractivity contribution in [1.29, 1.82) is 5.26 Å². The van der Waals surface area contributed by atoms with Crippen molar-refractivity contribution in [1.82, 2.24) is 10.2 Å². The molecule has 1 atom stereocenters. The molecule has 0 radical (unpaired) electrons. The van der Waals surface area contributed by atoms with Gasteiger partial charge < -0.3 is 15.4 Å². The minimum absolute atomic E-state index is 0.0878.